The molecule has 1 heterocycles. The molecule has 1 aromatic rings. The van der Waals surface area contributed by atoms with Gasteiger partial charge in [0.1, 0.15) is 5.75 Å². The van der Waals surface area contributed by atoms with Gasteiger partial charge in [-0.05, 0) is 24.1 Å². The maximum absolute atomic E-state index is 12.4. The van der Waals surface area contributed by atoms with Crippen LogP contribution in [0.2, 0.25) is 0 Å². The molecule has 0 aliphatic carbocycles. The molecule has 1 amide bonds. The Hall–Kier alpha value is -1.60. The molecule has 1 aliphatic heterocycles. The monoisotopic (exact) mass is 340 g/mol. The highest BCUT2D eigenvalue weighted by molar-refractivity contribution is 7.89. The van der Waals surface area contributed by atoms with E-state index in [9.17, 15) is 13.2 Å². The van der Waals surface area contributed by atoms with Crippen molar-refractivity contribution in [1.82, 2.24) is 9.21 Å². The lowest BCUT2D eigenvalue weighted by molar-refractivity contribution is -0.131. The van der Waals surface area contributed by atoms with Crippen LogP contribution in [0.1, 0.15) is 18.9 Å². The SMILES string of the molecule is CCCS(=O)(=O)N1CCN(C(=O)Cc2cccc(OC)c2)CC1. The summed E-state index contributed by atoms with van der Waals surface area (Å²) >= 11 is 0. The number of carbonyl (C=O) groups excluding carboxylic acids is 1. The Balaban J connectivity index is 1.91. The zero-order valence-electron chi connectivity index (χ0n) is 13.7. The molecule has 0 spiro atoms. The van der Waals surface area contributed by atoms with Gasteiger partial charge in [0.15, 0.2) is 0 Å². The number of sulfonamides is 1. The summed E-state index contributed by atoms with van der Waals surface area (Å²) in [6.45, 7) is 3.52. The molecule has 6 nitrogen and oxygen atoms in total. The third kappa shape index (κ3) is 4.68. The summed E-state index contributed by atoms with van der Waals surface area (Å²) in [5.74, 6) is 0.918. The van der Waals surface area contributed by atoms with E-state index in [0.717, 1.165) is 11.3 Å². The van der Waals surface area contributed by atoms with Crippen LogP contribution in [0, 0.1) is 0 Å². The third-order valence-corrected chi connectivity index (χ3v) is 6.01. The van der Waals surface area contributed by atoms with E-state index in [1.54, 1.807) is 12.0 Å². The van der Waals surface area contributed by atoms with Crippen LogP contribution in [0.25, 0.3) is 0 Å². The lowest BCUT2D eigenvalue weighted by Crippen LogP contribution is -2.51. The summed E-state index contributed by atoms with van der Waals surface area (Å²) in [4.78, 5) is 14.1. The van der Waals surface area contributed by atoms with Crippen LogP contribution in [-0.4, -0.2) is 62.6 Å². The van der Waals surface area contributed by atoms with Crippen LogP contribution >= 0.6 is 0 Å². The number of rotatable bonds is 6. The predicted molar refractivity (Wildman–Crippen MR) is 88.9 cm³/mol. The van der Waals surface area contributed by atoms with Gasteiger partial charge >= 0.3 is 0 Å². The Morgan fingerprint density at radius 2 is 1.91 bits per heavy atom. The Bertz CT molecular complexity index is 637. The number of nitrogens with zero attached hydrogens (tertiary/aromatic N) is 2. The fourth-order valence-electron chi connectivity index (χ4n) is 2.67. The summed E-state index contributed by atoms with van der Waals surface area (Å²) in [6.07, 6.45) is 0.913. The summed E-state index contributed by atoms with van der Waals surface area (Å²) in [6, 6.07) is 7.43. The molecule has 1 aromatic carbocycles. The van der Waals surface area contributed by atoms with Gasteiger partial charge in [-0.25, -0.2) is 8.42 Å². The van der Waals surface area contributed by atoms with Gasteiger partial charge in [0, 0.05) is 26.2 Å². The van der Waals surface area contributed by atoms with Crippen molar-refractivity contribution >= 4 is 15.9 Å². The van der Waals surface area contributed by atoms with E-state index in [1.807, 2.05) is 31.2 Å². The number of carbonyl (C=O) groups is 1. The molecular weight excluding hydrogens is 316 g/mol. The van der Waals surface area contributed by atoms with Crippen molar-refractivity contribution in [3.63, 3.8) is 0 Å². The van der Waals surface area contributed by atoms with Gasteiger partial charge in [0.2, 0.25) is 15.9 Å². The number of piperazine rings is 1. The van der Waals surface area contributed by atoms with Gasteiger partial charge in [-0.15, -0.1) is 0 Å². The molecular formula is C16H24N2O4S. The zero-order valence-corrected chi connectivity index (χ0v) is 14.5. The molecule has 0 bridgehead atoms. The highest BCUT2D eigenvalue weighted by Gasteiger charge is 2.28. The zero-order chi connectivity index (χ0) is 16.9. The van der Waals surface area contributed by atoms with Crippen molar-refractivity contribution in [2.45, 2.75) is 19.8 Å². The van der Waals surface area contributed by atoms with Crippen molar-refractivity contribution < 1.29 is 17.9 Å². The first-order chi connectivity index (χ1) is 11.0. The van der Waals surface area contributed by atoms with Crippen molar-refractivity contribution in [1.29, 1.82) is 0 Å². The first-order valence-corrected chi connectivity index (χ1v) is 9.45. The van der Waals surface area contributed by atoms with Crippen molar-refractivity contribution in [3.8, 4) is 5.75 Å². The number of methoxy groups -OCH3 is 1. The van der Waals surface area contributed by atoms with Gasteiger partial charge in [0.25, 0.3) is 0 Å². The fourth-order valence-corrected chi connectivity index (χ4v) is 4.17. The summed E-state index contributed by atoms with van der Waals surface area (Å²) < 4.78 is 30.7. The molecule has 1 fully saturated rings. The maximum atomic E-state index is 12.4. The van der Waals surface area contributed by atoms with Gasteiger partial charge in [0.05, 0.1) is 19.3 Å². The average Bonchev–Trinajstić information content (AvgIpc) is 2.55. The van der Waals surface area contributed by atoms with Crippen LogP contribution < -0.4 is 4.74 Å². The van der Waals surface area contributed by atoms with Crippen molar-refractivity contribution in [3.05, 3.63) is 29.8 Å². The lowest BCUT2D eigenvalue weighted by Gasteiger charge is -2.34. The van der Waals surface area contributed by atoms with Crippen LogP contribution in [0.5, 0.6) is 5.75 Å². The average molecular weight is 340 g/mol. The van der Waals surface area contributed by atoms with Crippen LogP contribution in [0.4, 0.5) is 0 Å². The standard InChI is InChI=1S/C16H24N2O4S/c1-3-11-23(20,21)18-9-7-17(8-10-18)16(19)13-14-5-4-6-15(12-14)22-2/h4-6,12H,3,7-11,13H2,1-2H3. The highest BCUT2D eigenvalue weighted by atomic mass is 32.2. The molecule has 0 saturated carbocycles. The summed E-state index contributed by atoms with van der Waals surface area (Å²) in [7, 11) is -1.58. The minimum atomic E-state index is -3.17. The smallest absolute Gasteiger partial charge is 0.227 e. The minimum absolute atomic E-state index is 0.0193. The number of ether oxygens (including phenoxy) is 1. The Morgan fingerprint density at radius 1 is 1.22 bits per heavy atom. The second-order valence-electron chi connectivity index (χ2n) is 5.62. The molecule has 23 heavy (non-hydrogen) atoms. The molecule has 0 aromatic heterocycles. The second-order valence-corrected chi connectivity index (χ2v) is 7.71. The van der Waals surface area contributed by atoms with Crippen LogP contribution in [0.15, 0.2) is 24.3 Å². The number of hydrogen-bond acceptors (Lipinski definition) is 4. The molecule has 1 aliphatic rings. The normalized spacial score (nSPS) is 16.3. The van der Waals surface area contributed by atoms with Crippen molar-refractivity contribution in [2.24, 2.45) is 0 Å². The van der Waals surface area contributed by atoms with E-state index < -0.39 is 10.0 Å². The summed E-state index contributed by atoms with van der Waals surface area (Å²) in [5.41, 5.74) is 0.899. The van der Waals surface area contributed by atoms with E-state index in [1.165, 1.54) is 4.31 Å². The minimum Gasteiger partial charge on any atom is -0.497 e. The molecule has 0 N–H and O–H groups in total. The molecule has 0 atom stereocenters. The lowest BCUT2D eigenvalue weighted by atomic mass is 10.1. The van der Waals surface area contributed by atoms with E-state index >= 15 is 0 Å². The molecule has 0 radical (unpaired) electrons. The highest BCUT2D eigenvalue weighted by Crippen LogP contribution is 2.15. The fraction of sp³-hybridized carbons (Fsp3) is 0.562. The van der Waals surface area contributed by atoms with Crippen LogP contribution in [0.3, 0.4) is 0 Å². The molecule has 0 unspecified atom stereocenters. The first kappa shape index (κ1) is 17.7. The van der Waals surface area contributed by atoms with Gasteiger partial charge in [-0.2, -0.15) is 4.31 Å². The quantitative estimate of drug-likeness (QED) is 0.778. The summed E-state index contributed by atoms with van der Waals surface area (Å²) in [5, 5.41) is 0. The third-order valence-electron chi connectivity index (χ3n) is 3.94. The topological polar surface area (TPSA) is 66.9 Å². The second kappa shape index (κ2) is 7.79. The van der Waals surface area contributed by atoms with E-state index in [-0.39, 0.29) is 11.7 Å². The number of benzene rings is 1. The van der Waals surface area contributed by atoms with E-state index in [2.05, 4.69) is 0 Å². The van der Waals surface area contributed by atoms with Gasteiger partial charge in [-0.1, -0.05) is 19.1 Å². The number of amides is 1. The molecule has 1 saturated heterocycles. The van der Waals surface area contributed by atoms with E-state index in [4.69, 9.17) is 4.74 Å². The molecule has 128 valence electrons. The Labute approximate surface area is 138 Å². The van der Waals surface area contributed by atoms with Crippen molar-refractivity contribution in [2.75, 3.05) is 39.0 Å². The van der Waals surface area contributed by atoms with Crippen LogP contribution in [-0.2, 0) is 21.2 Å². The van der Waals surface area contributed by atoms with Gasteiger partial charge < -0.3 is 9.64 Å². The largest absolute Gasteiger partial charge is 0.497 e. The maximum Gasteiger partial charge on any atom is 0.227 e. The first-order valence-electron chi connectivity index (χ1n) is 7.85. The van der Waals surface area contributed by atoms with Gasteiger partial charge in [-0.3, -0.25) is 4.79 Å². The number of hydrogen-bond donors (Lipinski definition) is 0. The Kier molecular flexibility index (Phi) is 6.01. The molecule has 2 rings (SSSR count). The predicted octanol–water partition coefficient (Wildman–Crippen LogP) is 1.12. The Morgan fingerprint density at radius 3 is 2.52 bits per heavy atom. The van der Waals surface area contributed by atoms with E-state index in [0.29, 0.717) is 39.0 Å². The molecule has 7 heteroatoms.